The monoisotopic (exact) mass is 423 g/mol. The zero-order valence-corrected chi connectivity index (χ0v) is 18.8. The number of nitrogens with one attached hydrogen (secondary N) is 1. The van der Waals surface area contributed by atoms with Crippen molar-refractivity contribution in [2.75, 3.05) is 13.6 Å². The van der Waals surface area contributed by atoms with E-state index in [0.29, 0.717) is 18.1 Å². The average molecular weight is 424 g/mol. The highest BCUT2D eigenvalue weighted by atomic mass is 32.2. The number of rotatable bonds is 9. The first-order valence-corrected chi connectivity index (χ1v) is 10.8. The number of nitrogens with zero attached hydrogens (tertiary/aromatic N) is 2. The van der Waals surface area contributed by atoms with Crippen LogP contribution in [0.1, 0.15) is 52.5 Å². The summed E-state index contributed by atoms with van der Waals surface area (Å²) < 4.78 is -0.487. The van der Waals surface area contributed by atoms with E-state index in [1.807, 2.05) is 58.0 Å². The first-order valence-electron chi connectivity index (χ1n) is 9.80. The number of carbonyl (C=O) groups is 3. The molecule has 0 saturated carbocycles. The van der Waals surface area contributed by atoms with Gasteiger partial charge >= 0.3 is 12.1 Å². The maximum atomic E-state index is 12.6. The van der Waals surface area contributed by atoms with E-state index in [2.05, 4.69) is 5.32 Å². The molecule has 162 valence electrons. The van der Waals surface area contributed by atoms with Gasteiger partial charge in [0.15, 0.2) is 0 Å². The second-order valence-corrected chi connectivity index (χ2v) is 9.63. The van der Waals surface area contributed by atoms with E-state index >= 15 is 0 Å². The Balaban J connectivity index is 2.77. The molecule has 0 aliphatic rings. The van der Waals surface area contributed by atoms with E-state index in [1.54, 1.807) is 11.8 Å². The van der Waals surface area contributed by atoms with Crippen LogP contribution in [0.4, 0.5) is 9.59 Å². The molecule has 0 saturated heterocycles. The number of hydrogen-bond donors (Lipinski definition) is 2. The summed E-state index contributed by atoms with van der Waals surface area (Å²) >= 11 is 1.58. The number of urea groups is 2. The van der Waals surface area contributed by atoms with Crippen molar-refractivity contribution in [2.24, 2.45) is 5.92 Å². The van der Waals surface area contributed by atoms with Gasteiger partial charge in [-0.3, -0.25) is 10.0 Å². The maximum absolute atomic E-state index is 12.6. The minimum absolute atomic E-state index is 0.0410. The van der Waals surface area contributed by atoms with Crippen molar-refractivity contribution in [3.8, 4) is 0 Å². The second kappa shape index (κ2) is 11.8. The lowest BCUT2D eigenvalue weighted by atomic mass is 10.1. The number of imide groups is 2. The minimum atomic E-state index is -1.03. The molecule has 1 aromatic carbocycles. The van der Waals surface area contributed by atoms with E-state index < -0.39 is 22.7 Å². The van der Waals surface area contributed by atoms with Crippen LogP contribution in [0.3, 0.4) is 0 Å². The summed E-state index contributed by atoms with van der Waals surface area (Å²) in [4.78, 5) is 37.9. The molecule has 1 aromatic rings. The molecular formula is C21H33N3O4S. The lowest BCUT2D eigenvalue weighted by Crippen LogP contribution is -2.53. The minimum Gasteiger partial charge on any atom is -0.341 e. The van der Waals surface area contributed by atoms with E-state index in [0.717, 1.165) is 16.9 Å². The van der Waals surface area contributed by atoms with E-state index in [1.165, 1.54) is 7.05 Å². The number of amides is 5. The fraction of sp³-hybridized carbons (Fsp3) is 0.571. The van der Waals surface area contributed by atoms with Gasteiger partial charge in [0.1, 0.15) is 0 Å². The molecule has 7 nitrogen and oxygen atoms in total. The predicted molar refractivity (Wildman–Crippen MR) is 116 cm³/mol. The van der Waals surface area contributed by atoms with Gasteiger partial charge < -0.3 is 5.32 Å². The van der Waals surface area contributed by atoms with Gasteiger partial charge in [-0.2, -0.15) is 0 Å². The van der Waals surface area contributed by atoms with Crippen LogP contribution >= 0.6 is 11.8 Å². The molecule has 29 heavy (non-hydrogen) atoms. The standard InChI is InChI=1S/C21H33N3O4S/c1-16(2)10-9-13-18(25)24(28)20(27)23(19(26)22-5)15-21(3,4)29-14-17-11-7-6-8-12-17/h6-8,11-12,16,28H,9-10,13-15H2,1-5H3,(H,22,26). The van der Waals surface area contributed by atoms with Crippen molar-refractivity contribution in [3.05, 3.63) is 35.9 Å². The molecule has 0 unspecified atom stereocenters. The third-order valence-corrected chi connectivity index (χ3v) is 5.68. The average Bonchev–Trinajstić information content (AvgIpc) is 2.69. The molecule has 0 spiro atoms. The molecule has 2 N–H and O–H groups in total. The molecule has 0 bridgehead atoms. The molecule has 0 aliphatic carbocycles. The number of hydroxylamine groups is 2. The summed E-state index contributed by atoms with van der Waals surface area (Å²) in [6, 6.07) is 8.17. The van der Waals surface area contributed by atoms with Gasteiger partial charge in [-0.1, -0.05) is 50.6 Å². The van der Waals surface area contributed by atoms with Crippen LogP contribution in [-0.4, -0.2) is 51.5 Å². The molecule has 0 radical (unpaired) electrons. The van der Waals surface area contributed by atoms with Crippen LogP contribution in [0, 0.1) is 5.92 Å². The SMILES string of the molecule is CNC(=O)N(CC(C)(C)SCc1ccccc1)C(=O)N(O)C(=O)CCCC(C)C. The Hall–Kier alpha value is -2.06. The second-order valence-electron chi connectivity index (χ2n) is 7.95. The molecule has 1 rings (SSSR count). The van der Waals surface area contributed by atoms with Gasteiger partial charge in [-0.15, -0.1) is 16.8 Å². The van der Waals surface area contributed by atoms with E-state index in [4.69, 9.17) is 0 Å². The molecule has 0 aliphatic heterocycles. The normalized spacial score (nSPS) is 11.3. The fourth-order valence-electron chi connectivity index (χ4n) is 2.63. The van der Waals surface area contributed by atoms with Crippen molar-refractivity contribution in [2.45, 2.75) is 57.5 Å². The molecule has 0 heterocycles. The van der Waals surface area contributed by atoms with Gasteiger partial charge in [-0.05, 0) is 31.7 Å². The van der Waals surface area contributed by atoms with Crippen LogP contribution < -0.4 is 5.32 Å². The third-order valence-electron chi connectivity index (χ3n) is 4.29. The van der Waals surface area contributed by atoms with Crippen LogP contribution in [0.2, 0.25) is 0 Å². The van der Waals surface area contributed by atoms with Gasteiger partial charge in [0.25, 0.3) is 5.91 Å². The summed E-state index contributed by atoms with van der Waals surface area (Å²) in [6.07, 6.45) is 1.43. The summed E-state index contributed by atoms with van der Waals surface area (Å²) in [7, 11) is 1.40. The van der Waals surface area contributed by atoms with Crippen molar-refractivity contribution in [1.82, 2.24) is 15.3 Å². The highest BCUT2D eigenvalue weighted by Crippen LogP contribution is 2.29. The van der Waals surface area contributed by atoms with Crippen LogP contribution in [0.25, 0.3) is 0 Å². The highest BCUT2D eigenvalue weighted by molar-refractivity contribution is 7.99. The molecule has 0 aromatic heterocycles. The van der Waals surface area contributed by atoms with Crippen LogP contribution in [-0.2, 0) is 10.5 Å². The number of benzene rings is 1. The molecule has 5 amide bonds. The largest absolute Gasteiger partial charge is 0.359 e. The number of carbonyl (C=O) groups excluding carboxylic acids is 3. The Morgan fingerprint density at radius 2 is 1.79 bits per heavy atom. The Kier molecular flexibility index (Phi) is 10.2. The maximum Gasteiger partial charge on any atom is 0.359 e. The zero-order chi connectivity index (χ0) is 22.0. The molecule has 0 atom stereocenters. The Labute approximate surface area is 177 Å². The van der Waals surface area contributed by atoms with Gasteiger partial charge in [-0.25, -0.2) is 14.5 Å². The van der Waals surface area contributed by atoms with Gasteiger partial charge in [0.2, 0.25) is 0 Å². The Bertz CT molecular complexity index is 680. The fourth-order valence-corrected chi connectivity index (χ4v) is 3.60. The van der Waals surface area contributed by atoms with E-state index in [-0.39, 0.29) is 18.0 Å². The van der Waals surface area contributed by atoms with Crippen molar-refractivity contribution in [3.63, 3.8) is 0 Å². The topological polar surface area (TPSA) is 90.0 Å². The smallest absolute Gasteiger partial charge is 0.341 e. The quantitative estimate of drug-likeness (QED) is 0.451. The van der Waals surface area contributed by atoms with Crippen LogP contribution in [0.5, 0.6) is 0 Å². The first kappa shape index (κ1) is 25.0. The van der Waals surface area contributed by atoms with Crippen molar-refractivity contribution >= 4 is 29.7 Å². The molecule has 8 heteroatoms. The predicted octanol–water partition coefficient (Wildman–Crippen LogP) is 4.50. The Morgan fingerprint density at radius 1 is 1.17 bits per heavy atom. The lowest BCUT2D eigenvalue weighted by Gasteiger charge is -2.32. The summed E-state index contributed by atoms with van der Waals surface area (Å²) in [6.45, 7) is 7.94. The lowest BCUT2D eigenvalue weighted by molar-refractivity contribution is -0.154. The molecular weight excluding hydrogens is 390 g/mol. The van der Waals surface area contributed by atoms with Gasteiger partial charge in [0.05, 0.1) is 0 Å². The summed E-state index contributed by atoms with van der Waals surface area (Å²) in [5.41, 5.74) is 1.13. The zero-order valence-electron chi connectivity index (χ0n) is 18.0. The summed E-state index contributed by atoms with van der Waals surface area (Å²) in [5.74, 6) is 0.426. The Morgan fingerprint density at radius 3 is 2.34 bits per heavy atom. The first-order chi connectivity index (χ1) is 13.6. The number of hydrogen-bond acceptors (Lipinski definition) is 5. The third kappa shape index (κ3) is 8.87. The van der Waals surface area contributed by atoms with Crippen molar-refractivity contribution < 1.29 is 19.6 Å². The van der Waals surface area contributed by atoms with E-state index in [9.17, 15) is 19.6 Å². The van der Waals surface area contributed by atoms with Crippen LogP contribution in [0.15, 0.2) is 30.3 Å². The number of thioether (sulfide) groups is 1. The molecule has 0 fully saturated rings. The summed E-state index contributed by atoms with van der Waals surface area (Å²) in [5, 5.41) is 12.5. The van der Waals surface area contributed by atoms with Gasteiger partial charge in [0, 0.05) is 30.5 Å². The van der Waals surface area contributed by atoms with Crippen molar-refractivity contribution in [1.29, 1.82) is 0 Å². The highest BCUT2D eigenvalue weighted by Gasteiger charge is 2.34.